The molecule has 0 aromatic rings. The van der Waals surface area contributed by atoms with Gasteiger partial charge in [0, 0.05) is 12.6 Å². The van der Waals surface area contributed by atoms with Crippen molar-refractivity contribution >= 4 is 0 Å². The van der Waals surface area contributed by atoms with Crippen molar-refractivity contribution in [3.63, 3.8) is 0 Å². The Morgan fingerprint density at radius 2 is 2.30 bits per heavy atom. The highest BCUT2D eigenvalue weighted by molar-refractivity contribution is 4.84. The lowest BCUT2D eigenvalue weighted by atomic mass is 10.3. The van der Waals surface area contributed by atoms with E-state index in [2.05, 4.69) is 19.2 Å². The van der Waals surface area contributed by atoms with Crippen LogP contribution in [0.15, 0.2) is 0 Å². The molecule has 1 aliphatic carbocycles. The average molecular weight is 142 g/mol. The Hall–Kier alpha value is -0.0800. The minimum absolute atomic E-state index is 0.493. The van der Waals surface area contributed by atoms with Crippen molar-refractivity contribution in [2.24, 2.45) is 17.6 Å². The van der Waals surface area contributed by atoms with Gasteiger partial charge in [-0.15, -0.1) is 0 Å². The van der Waals surface area contributed by atoms with E-state index in [0.717, 1.165) is 18.4 Å². The van der Waals surface area contributed by atoms with Crippen LogP contribution in [0.25, 0.3) is 0 Å². The molecule has 0 spiro atoms. The molecule has 2 unspecified atom stereocenters. The standard InChI is InChI=1S/C8H18N2/c1-6-3-8(6)5-10-7(2)4-9/h6-8,10H,3-5,9H2,1-2H3/t6?,7-,8?/m1/s1. The largest absolute Gasteiger partial charge is 0.329 e. The quantitative estimate of drug-likeness (QED) is 0.602. The minimum atomic E-state index is 0.493. The van der Waals surface area contributed by atoms with Gasteiger partial charge in [-0.2, -0.15) is 0 Å². The van der Waals surface area contributed by atoms with E-state index in [1.165, 1.54) is 13.0 Å². The molecule has 3 N–H and O–H groups in total. The van der Waals surface area contributed by atoms with Crippen molar-refractivity contribution in [3.8, 4) is 0 Å². The van der Waals surface area contributed by atoms with Crippen LogP contribution in [-0.2, 0) is 0 Å². The maximum absolute atomic E-state index is 5.45. The van der Waals surface area contributed by atoms with Gasteiger partial charge in [0.25, 0.3) is 0 Å². The summed E-state index contributed by atoms with van der Waals surface area (Å²) in [6.45, 7) is 6.35. The van der Waals surface area contributed by atoms with Crippen molar-refractivity contribution in [1.82, 2.24) is 5.32 Å². The number of nitrogens with two attached hydrogens (primary N) is 1. The van der Waals surface area contributed by atoms with Gasteiger partial charge in [-0.1, -0.05) is 6.92 Å². The summed E-state index contributed by atoms with van der Waals surface area (Å²) in [6.07, 6.45) is 1.41. The second kappa shape index (κ2) is 3.35. The van der Waals surface area contributed by atoms with Crippen LogP contribution in [0.4, 0.5) is 0 Å². The van der Waals surface area contributed by atoms with Gasteiger partial charge >= 0.3 is 0 Å². The maximum atomic E-state index is 5.45. The van der Waals surface area contributed by atoms with Crippen molar-refractivity contribution in [1.29, 1.82) is 0 Å². The summed E-state index contributed by atoms with van der Waals surface area (Å²) in [5.41, 5.74) is 5.45. The Bertz CT molecular complexity index is 99.4. The van der Waals surface area contributed by atoms with Crippen LogP contribution in [0.3, 0.4) is 0 Å². The zero-order valence-corrected chi connectivity index (χ0v) is 6.93. The van der Waals surface area contributed by atoms with Crippen molar-refractivity contribution in [3.05, 3.63) is 0 Å². The summed E-state index contributed by atoms with van der Waals surface area (Å²) in [6, 6.07) is 0.493. The number of hydrogen-bond donors (Lipinski definition) is 2. The first-order valence-corrected chi connectivity index (χ1v) is 4.17. The Balaban J connectivity index is 1.95. The lowest BCUT2D eigenvalue weighted by Crippen LogP contribution is -2.34. The van der Waals surface area contributed by atoms with E-state index >= 15 is 0 Å². The van der Waals surface area contributed by atoms with Gasteiger partial charge in [-0.05, 0) is 31.7 Å². The van der Waals surface area contributed by atoms with Gasteiger partial charge in [0.15, 0.2) is 0 Å². The van der Waals surface area contributed by atoms with E-state index < -0.39 is 0 Å². The molecular formula is C8H18N2. The molecule has 1 rings (SSSR count). The summed E-state index contributed by atoms with van der Waals surface area (Å²) in [5.74, 6) is 1.89. The Morgan fingerprint density at radius 1 is 1.70 bits per heavy atom. The van der Waals surface area contributed by atoms with Crippen LogP contribution in [-0.4, -0.2) is 19.1 Å². The Kier molecular flexibility index (Phi) is 2.69. The fourth-order valence-electron chi connectivity index (χ4n) is 1.12. The van der Waals surface area contributed by atoms with E-state index in [1.807, 2.05) is 0 Å². The van der Waals surface area contributed by atoms with Crippen LogP contribution in [0, 0.1) is 11.8 Å². The highest BCUT2D eigenvalue weighted by Gasteiger charge is 2.31. The van der Waals surface area contributed by atoms with Crippen LogP contribution >= 0.6 is 0 Å². The van der Waals surface area contributed by atoms with Gasteiger partial charge in [0.1, 0.15) is 0 Å². The van der Waals surface area contributed by atoms with Gasteiger partial charge < -0.3 is 11.1 Å². The summed E-state index contributed by atoms with van der Waals surface area (Å²) in [4.78, 5) is 0. The highest BCUT2D eigenvalue weighted by Crippen LogP contribution is 2.36. The molecule has 0 aromatic heterocycles. The normalized spacial score (nSPS) is 33.9. The smallest absolute Gasteiger partial charge is 0.0162 e. The zero-order chi connectivity index (χ0) is 7.56. The third kappa shape index (κ3) is 2.27. The molecule has 10 heavy (non-hydrogen) atoms. The summed E-state index contributed by atoms with van der Waals surface area (Å²) < 4.78 is 0. The van der Waals surface area contributed by atoms with E-state index in [0.29, 0.717) is 6.04 Å². The summed E-state index contributed by atoms with van der Waals surface area (Å²) >= 11 is 0. The van der Waals surface area contributed by atoms with Gasteiger partial charge in [-0.25, -0.2) is 0 Å². The zero-order valence-electron chi connectivity index (χ0n) is 6.93. The number of rotatable bonds is 4. The molecule has 0 radical (unpaired) electrons. The van der Waals surface area contributed by atoms with Crippen LogP contribution < -0.4 is 11.1 Å². The molecule has 1 aliphatic rings. The summed E-state index contributed by atoms with van der Waals surface area (Å²) in [5, 5.41) is 3.40. The van der Waals surface area contributed by atoms with Crippen LogP contribution in [0.2, 0.25) is 0 Å². The molecule has 2 heteroatoms. The Labute approximate surface area is 63.2 Å². The van der Waals surface area contributed by atoms with E-state index in [9.17, 15) is 0 Å². The molecule has 0 heterocycles. The fraction of sp³-hybridized carbons (Fsp3) is 1.00. The second-order valence-electron chi connectivity index (χ2n) is 3.52. The van der Waals surface area contributed by atoms with E-state index in [4.69, 9.17) is 5.73 Å². The second-order valence-corrected chi connectivity index (χ2v) is 3.52. The lowest BCUT2D eigenvalue weighted by Gasteiger charge is -2.09. The van der Waals surface area contributed by atoms with Crippen molar-refractivity contribution < 1.29 is 0 Å². The fourth-order valence-corrected chi connectivity index (χ4v) is 1.12. The third-order valence-electron chi connectivity index (χ3n) is 2.36. The molecule has 2 nitrogen and oxygen atoms in total. The van der Waals surface area contributed by atoms with Gasteiger partial charge in [-0.3, -0.25) is 0 Å². The molecule has 1 fully saturated rings. The molecule has 0 saturated heterocycles. The molecule has 1 saturated carbocycles. The predicted molar refractivity (Wildman–Crippen MR) is 43.8 cm³/mol. The molecule has 0 bridgehead atoms. The molecule has 3 atom stereocenters. The maximum Gasteiger partial charge on any atom is 0.0162 e. The van der Waals surface area contributed by atoms with E-state index in [-0.39, 0.29) is 0 Å². The van der Waals surface area contributed by atoms with Gasteiger partial charge in [0.2, 0.25) is 0 Å². The van der Waals surface area contributed by atoms with Crippen LogP contribution in [0.1, 0.15) is 20.3 Å². The van der Waals surface area contributed by atoms with E-state index in [1.54, 1.807) is 0 Å². The SMILES string of the molecule is CC1CC1CN[C@H](C)CN. The Morgan fingerprint density at radius 3 is 2.70 bits per heavy atom. The minimum Gasteiger partial charge on any atom is -0.329 e. The summed E-state index contributed by atoms with van der Waals surface area (Å²) in [7, 11) is 0. The number of hydrogen-bond acceptors (Lipinski definition) is 2. The lowest BCUT2D eigenvalue weighted by molar-refractivity contribution is 0.523. The van der Waals surface area contributed by atoms with Gasteiger partial charge in [0.05, 0.1) is 0 Å². The third-order valence-corrected chi connectivity index (χ3v) is 2.36. The first-order chi connectivity index (χ1) is 4.74. The van der Waals surface area contributed by atoms with Crippen molar-refractivity contribution in [2.45, 2.75) is 26.3 Å². The molecule has 60 valence electrons. The molecule has 0 aliphatic heterocycles. The monoisotopic (exact) mass is 142 g/mol. The topological polar surface area (TPSA) is 38.0 Å². The first-order valence-electron chi connectivity index (χ1n) is 4.17. The highest BCUT2D eigenvalue weighted by atomic mass is 14.9. The van der Waals surface area contributed by atoms with Crippen molar-refractivity contribution in [2.75, 3.05) is 13.1 Å². The molecule has 0 aromatic carbocycles. The predicted octanol–water partition coefficient (Wildman–Crippen LogP) is 0.579. The number of nitrogens with one attached hydrogen (secondary N) is 1. The average Bonchev–Trinajstić information content (AvgIpc) is 2.61. The first kappa shape index (κ1) is 8.02. The molecular weight excluding hydrogens is 124 g/mol. The molecule has 0 amide bonds. The van der Waals surface area contributed by atoms with Crippen LogP contribution in [0.5, 0.6) is 0 Å².